The van der Waals surface area contributed by atoms with Crippen LogP contribution < -0.4 is 5.32 Å². The number of hydrogen-bond donors (Lipinski definition) is 2. The first-order chi connectivity index (χ1) is 8.28. The maximum absolute atomic E-state index is 9.34. The minimum absolute atomic E-state index is 0.248. The smallest absolute Gasteiger partial charge is 0.220 e. The van der Waals surface area contributed by atoms with Crippen LogP contribution in [0.15, 0.2) is 28.7 Å². The van der Waals surface area contributed by atoms with Crippen LogP contribution in [0, 0.1) is 0 Å². The number of nitrogens with zero attached hydrogens (tertiary/aromatic N) is 2. The van der Waals surface area contributed by atoms with E-state index in [4.69, 9.17) is 4.42 Å². The van der Waals surface area contributed by atoms with Crippen molar-refractivity contribution in [3.63, 3.8) is 0 Å². The van der Waals surface area contributed by atoms with Gasteiger partial charge in [-0.1, -0.05) is 12.1 Å². The first kappa shape index (κ1) is 11.6. The Bertz CT molecular complexity index is 482. The van der Waals surface area contributed by atoms with Gasteiger partial charge in [0.1, 0.15) is 5.75 Å². The monoisotopic (exact) mass is 233 g/mol. The number of benzene rings is 1. The van der Waals surface area contributed by atoms with E-state index in [1.165, 1.54) is 0 Å². The van der Waals surface area contributed by atoms with Crippen molar-refractivity contribution in [2.45, 2.75) is 12.8 Å². The second-order valence-corrected chi connectivity index (χ2v) is 3.79. The molecule has 0 saturated heterocycles. The summed E-state index contributed by atoms with van der Waals surface area (Å²) in [6.45, 7) is 0.813. The van der Waals surface area contributed by atoms with Crippen LogP contribution in [0.1, 0.15) is 17.3 Å². The van der Waals surface area contributed by atoms with Gasteiger partial charge in [0.2, 0.25) is 11.8 Å². The summed E-state index contributed by atoms with van der Waals surface area (Å²) in [6.07, 6.45) is 1.27. The highest BCUT2D eigenvalue weighted by molar-refractivity contribution is 5.28. The minimum Gasteiger partial charge on any atom is -0.508 e. The van der Waals surface area contributed by atoms with Gasteiger partial charge in [0.05, 0.1) is 6.42 Å². The Morgan fingerprint density at radius 2 is 2.12 bits per heavy atom. The molecule has 5 nitrogen and oxygen atoms in total. The van der Waals surface area contributed by atoms with Crippen LogP contribution in [-0.2, 0) is 12.8 Å². The van der Waals surface area contributed by atoms with E-state index >= 15 is 0 Å². The number of likely N-dealkylation sites (N-methyl/N-ethyl adjacent to an activating group) is 1. The SMILES string of the molecule is CNCCc1nnc(Cc2cccc(O)c2)o1. The summed E-state index contributed by atoms with van der Waals surface area (Å²) in [7, 11) is 1.88. The molecule has 1 aromatic carbocycles. The van der Waals surface area contributed by atoms with Crippen LogP contribution in [0.25, 0.3) is 0 Å². The first-order valence-electron chi connectivity index (χ1n) is 5.51. The maximum Gasteiger partial charge on any atom is 0.220 e. The molecule has 90 valence electrons. The highest BCUT2D eigenvalue weighted by atomic mass is 16.4. The average Bonchev–Trinajstić information content (AvgIpc) is 2.74. The molecular weight excluding hydrogens is 218 g/mol. The fraction of sp³-hybridized carbons (Fsp3) is 0.333. The molecule has 0 unspecified atom stereocenters. The van der Waals surface area contributed by atoms with Crippen molar-refractivity contribution < 1.29 is 9.52 Å². The number of rotatable bonds is 5. The number of aromatic hydroxyl groups is 1. The van der Waals surface area contributed by atoms with Gasteiger partial charge < -0.3 is 14.8 Å². The van der Waals surface area contributed by atoms with Gasteiger partial charge in [0, 0.05) is 13.0 Å². The highest BCUT2D eigenvalue weighted by Gasteiger charge is 2.06. The van der Waals surface area contributed by atoms with E-state index in [1.54, 1.807) is 18.2 Å². The predicted octanol–water partition coefficient (Wildman–Crippen LogP) is 1.13. The molecule has 0 atom stereocenters. The van der Waals surface area contributed by atoms with E-state index in [0.29, 0.717) is 18.2 Å². The quantitative estimate of drug-likeness (QED) is 0.810. The van der Waals surface area contributed by atoms with Gasteiger partial charge in [0.25, 0.3) is 0 Å². The summed E-state index contributed by atoms with van der Waals surface area (Å²) in [5.41, 5.74) is 0.953. The third-order valence-electron chi connectivity index (χ3n) is 2.36. The molecule has 0 aliphatic heterocycles. The van der Waals surface area contributed by atoms with Crippen LogP contribution in [0.4, 0.5) is 0 Å². The summed E-state index contributed by atoms with van der Waals surface area (Å²) in [6, 6.07) is 7.03. The van der Waals surface area contributed by atoms with Crippen molar-refractivity contribution in [2.75, 3.05) is 13.6 Å². The Hall–Kier alpha value is -1.88. The lowest BCUT2D eigenvalue weighted by Crippen LogP contribution is -2.10. The van der Waals surface area contributed by atoms with Gasteiger partial charge in [-0.2, -0.15) is 0 Å². The molecule has 0 radical (unpaired) electrons. The average molecular weight is 233 g/mol. The lowest BCUT2D eigenvalue weighted by Gasteiger charge is -1.97. The second kappa shape index (κ2) is 5.45. The zero-order valence-electron chi connectivity index (χ0n) is 9.68. The summed E-state index contributed by atoms with van der Waals surface area (Å²) in [4.78, 5) is 0. The summed E-state index contributed by atoms with van der Waals surface area (Å²) in [5, 5.41) is 20.3. The summed E-state index contributed by atoms with van der Waals surface area (Å²) < 4.78 is 5.49. The van der Waals surface area contributed by atoms with Crippen molar-refractivity contribution in [1.82, 2.24) is 15.5 Å². The number of phenols is 1. The Kier molecular flexibility index (Phi) is 3.72. The fourth-order valence-corrected chi connectivity index (χ4v) is 1.53. The van der Waals surface area contributed by atoms with Gasteiger partial charge in [-0.05, 0) is 24.7 Å². The first-order valence-corrected chi connectivity index (χ1v) is 5.51. The predicted molar refractivity (Wildman–Crippen MR) is 62.8 cm³/mol. The van der Waals surface area contributed by atoms with Gasteiger partial charge in [-0.15, -0.1) is 10.2 Å². The van der Waals surface area contributed by atoms with Crippen LogP contribution in [0.2, 0.25) is 0 Å². The fourth-order valence-electron chi connectivity index (χ4n) is 1.53. The van der Waals surface area contributed by atoms with Crippen molar-refractivity contribution in [2.24, 2.45) is 0 Å². The van der Waals surface area contributed by atoms with E-state index in [9.17, 15) is 5.11 Å². The lowest BCUT2D eigenvalue weighted by molar-refractivity contribution is 0.453. The molecule has 5 heteroatoms. The minimum atomic E-state index is 0.248. The second-order valence-electron chi connectivity index (χ2n) is 3.79. The third-order valence-corrected chi connectivity index (χ3v) is 2.36. The zero-order valence-corrected chi connectivity index (χ0v) is 9.68. The zero-order chi connectivity index (χ0) is 12.1. The molecule has 1 aromatic heterocycles. The summed E-state index contributed by atoms with van der Waals surface area (Å²) in [5.74, 6) is 1.45. The molecule has 2 aromatic rings. The Labute approximate surface area is 99.5 Å². The molecule has 2 rings (SSSR count). The molecule has 0 amide bonds. The number of hydrogen-bond acceptors (Lipinski definition) is 5. The standard InChI is InChI=1S/C12H15N3O2/c1-13-6-5-11-14-15-12(17-11)8-9-3-2-4-10(16)7-9/h2-4,7,13,16H,5-6,8H2,1H3. The van der Waals surface area contributed by atoms with E-state index in [0.717, 1.165) is 18.5 Å². The number of phenolic OH excluding ortho intramolecular Hbond substituents is 1. The van der Waals surface area contributed by atoms with Crippen LogP contribution in [0.3, 0.4) is 0 Å². The number of aromatic nitrogens is 2. The third kappa shape index (κ3) is 3.29. The summed E-state index contributed by atoms with van der Waals surface area (Å²) >= 11 is 0. The Morgan fingerprint density at radius 3 is 2.88 bits per heavy atom. The maximum atomic E-state index is 9.34. The highest BCUT2D eigenvalue weighted by Crippen LogP contribution is 2.14. The van der Waals surface area contributed by atoms with Crippen LogP contribution >= 0.6 is 0 Å². The van der Waals surface area contributed by atoms with Gasteiger partial charge in [-0.3, -0.25) is 0 Å². The number of nitrogens with one attached hydrogen (secondary N) is 1. The molecule has 0 spiro atoms. The van der Waals surface area contributed by atoms with Gasteiger partial charge in [-0.25, -0.2) is 0 Å². The molecule has 0 fully saturated rings. The van der Waals surface area contributed by atoms with E-state index in [2.05, 4.69) is 15.5 Å². The Balaban J connectivity index is 2.01. The molecule has 0 aliphatic rings. The topological polar surface area (TPSA) is 71.2 Å². The molecular formula is C12H15N3O2. The Morgan fingerprint density at radius 1 is 1.29 bits per heavy atom. The van der Waals surface area contributed by atoms with Crippen molar-refractivity contribution in [3.8, 4) is 5.75 Å². The van der Waals surface area contributed by atoms with Crippen molar-refractivity contribution in [3.05, 3.63) is 41.6 Å². The van der Waals surface area contributed by atoms with Gasteiger partial charge >= 0.3 is 0 Å². The molecule has 0 aliphatic carbocycles. The van der Waals surface area contributed by atoms with Crippen molar-refractivity contribution >= 4 is 0 Å². The van der Waals surface area contributed by atoms with E-state index < -0.39 is 0 Å². The lowest BCUT2D eigenvalue weighted by atomic mass is 10.1. The molecule has 0 saturated carbocycles. The normalized spacial score (nSPS) is 10.6. The molecule has 0 bridgehead atoms. The van der Waals surface area contributed by atoms with Gasteiger partial charge in [0.15, 0.2) is 0 Å². The molecule has 1 heterocycles. The van der Waals surface area contributed by atoms with E-state index in [1.807, 2.05) is 13.1 Å². The van der Waals surface area contributed by atoms with Crippen molar-refractivity contribution in [1.29, 1.82) is 0 Å². The molecule has 17 heavy (non-hydrogen) atoms. The van der Waals surface area contributed by atoms with E-state index in [-0.39, 0.29) is 5.75 Å². The van der Waals surface area contributed by atoms with Crippen LogP contribution in [0.5, 0.6) is 5.75 Å². The largest absolute Gasteiger partial charge is 0.508 e. The molecule has 2 N–H and O–H groups in total. The van der Waals surface area contributed by atoms with Crippen LogP contribution in [-0.4, -0.2) is 28.9 Å².